The third-order valence-electron chi connectivity index (χ3n) is 2.81. The third-order valence-corrected chi connectivity index (χ3v) is 2.81. The molecule has 0 aliphatic heterocycles. The standard InChI is InChI=1S/C12H15N5/c1-8-10(7-15-16-12(13)14)9-5-3-4-6-11(9)17(8)2/h3-7H,1-2H3,(H4,13,14,16)/b15-7-. The molecule has 0 saturated carbocycles. The molecule has 0 aliphatic carbocycles. The number of para-hydroxylation sites is 1. The van der Waals surface area contributed by atoms with Gasteiger partial charge in [0.1, 0.15) is 0 Å². The van der Waals surface area contributed by atoms with Crippen molar-refractivity contribution >= 4 is 23.1 Å². The summed E-state index contributed by atoms with van der Waals surface area (Å²) in [6.07, 6.45) is 1.68. The van der Waals surface area contributed by atoms with E-state index in [9.17, 15) is 0 Å². The summed E-state index contributed by atoms with van der Waals surface area (Å²) in [5.41, 5.74) is 13.8. The fourth-order valence-corrected chi connectivity index (χ4v) is 1.87. The zero-order valence-corrected chi connectivity index (χ0v) is 9.88. The summed E-state index contributed by atoms with van der Waals surface area (Å²) in [7, 11) is 2.02. The van der Waals surface area contributed by atoms with E-state index < -0.39 is 0 Å². The SMILES string of the molecule is Cc1c(/C=N\N=C(N)N)c2ccccc2n1C. The molecule has 88 valence electrons. The van der Waals surface area contributed by atoms with Crippen LogP contribution in [0.5, 0.6) is 0 Å². The second-order valence-corrected chi connectivity index (χ2v) is 3.84. The van der Waals surface area contributed by atoms with Gasteiger partial charge in [-0.2, -0.15) is 5.10 Å². The topological polar surface area (TPSA) is 81.7 Å². The van der Waals surface area contributed by atoms with Crippen LogP contribution in [0.25, 0.3) is 10.9 Å². The van der Waals surface area contributed by atoms with Crippen LogP contribution < -0.4 is 11.5 Å². The monoisotopic (exact) mass is 229 g/mol. The Morgan fingerprint density at radius 2 is 2.00 bits per heavy atom. The van der Waals surface area contributed by atoms with Crippen molar-refractivity contribution in [2.75, 3.05) is 0 Å². The Morgan fingerprint density at radius 3 is 2.71 bits per heavy atom. The molecule has 2 aromatic rings. The van der Waals surface area contributed by atoms with Crippen LogP contribution in [0, 0.1) is 6.92 Å². The smallest absolute Gasteiger partial charge is 0.211 e. The third kappa shape index (κ3) is 1.99. The van der Waals surface area contributed by atoms with Crippen molar-refractivity contribution in [1.29, 1.82) is 0 Å². The van der Waals surface area contributed by atoms with Gasteiger partial charge in [-0.1, -0.05) is 18.2 Å². The predicted molar refractivity (Wildman–Crippen MR) is 71.1 cm³/mol. The molecule has 4 N–H and O–H groups in total. The van der Waals surface area contributed by atoms with Crippen molar-refractivity contribution in [3.05, 3.63) is 35.5 Å². The molecule has 0 spiro atoms. The summed E-state index contributed by atoms with van der Waals surface area (Å²) in [5, 5.41) is 8.62. The minimum Gasteiger partial charge on any atom is -0.369 e. The highest BCUT2D eigenvalue weighted by atomic mass is 15.3. The van der Waals surface area contributed by atoms with Gasteiger partial charge in [-0.25, -0.2) is 0 Å². The molecule has 5 nitrogen and oxygen atoms in total. The van der Waals surface area contributed by atoms with Crippen LogP contribution >= 0.6 is 0 Å². The Bertz CT molecular complexity index is 603. The van der Waals surface area contributed by atoms with Crippen LogP contribution in [-0.4, -0.2) is 16.7 Å². The van der Waals surface area contributed by atoms with E-state index in [1.807, 2.05) is 26.1 Å². The highest BCUT2D eigenvalue weighted by molar-refractivity contribution is 6.01. The summed E-state index contributed by atoms with van der Waals surface area (Å²) in [6, 6.07) is 8.14. The molecular weight excluding hydrogens is 214 g/mol. The Labute approximate surface area is 99.4 Å². The fourth-order valence-electron chi connectivity index (χ4n) is 1.87. The molecule has 2 rings (SSSR count). The average molecular weight is 229 g/mol. The molecule has 1 heterocycles. The predicted octanol–water partition coefficient (Wildman–Crippen LogP) is 1.09. The van der Waals surface area contributed by atoms with Gasteiger partial charge >= 0.3 is 0 Å². The Morgan fingerprint density at radius 1 is 1.29 bits per heavy atom. The highest BCUT2D eigenvalue weighted by Gasteiger charge is 2.08. The van der Waals surface area contributed by atoms with Gasteiger partial charge in [-0.05, 0) is 13.0 Å². The van der Waals surface area contributed by atoms with Crippen molar-refractivity contribution in [3.8, 4) is 0 Å². The van der Waals surface area contributed by atoms with Gasteiger partial charge in [0, 0.05) is 29.2 Å². The van der Waals surface area contributed by atoms with Gasteiger partial charge in [-0.15, -0.1) is 5.10 Å². The van der Waals surface area contributed by atoms with Crippen molar-refractivity contribution < 1.29 is 0 Å². The van der Waals surface area contributed by atoms with Crippen LogP contribution in [0.4, 0.5) is 0 Å². The molecule has 0 atom stereocenters. The van der Waals surface area contributed by atoms with Gasteiger partial charge in [-0.3, -0.25) is 0 Å². The van der Waals surface area contributed by atoms with Gasteiger partial charge in [0.25, 0.3) is 0 Å². The first kappa shape index (κ1) is 11.2. The van der Waals surface area contributed by atoms with Gasteiger partial charge in [0.2, 0.25) is 5.96 Å². The Balaban J connectivity index is 2.57. The molecule has 0 unspecified atom stereocenters. The summed E-state index contributed by atoms with van der Waals surface area (Å²) in [6.45, 7) is 2.04. The molecule has 17 heavy (non-hydrogen) atoms. The summed E-state index contributed by atoms with van der Waals surface area (Å²) < 4.78 is 2.12. The van der Waals surface area contributed by atoms with E-state index in [0.29, 0.717) is 0 Å². The number of guanidine groups is 1. The quantitative estimate of drug-likeness (QED) is 0.459. The fraction of sp³-hybridized carbons (Fsp3) is 0.167. The summed E-state index contributed by atoms with van der Waals surface area (Å²) in [5.74, 6) is -0.0425. The number of nitrogens with zero attached hydrogens (tertiary/aromatic N) is 3. The molecule has 0 amide bonds. The van der Waals surface area contributed by atoms with Crippen LogP contribution in [0.15, 0.2) is 34.5 Å². The molecule has 1 aromatic heterocycles. The van der Waals surface area contributed by atoms with Gasteiger partial charge in [0.05, 0.1) is 6.21 Å². The average Bonchev–Trinajstić information content (AvgIpc) is 2.54. The van der Waals surface area contributed by atoms with Gasteiger partial charge < -0.3 is 16.0 Å². The highest BCUT2D eigenvalue weighted by Crippen LogP contribution is 2.22. The number of rotatable bonds is 2. The van der Waals surface area contributed by atoms with Crippen molar-refractivity contribution in [1.82, 2.24) is 4.57 Å². The van der Waals surface area contributed by atoms with Gasteiger partial charge in [0.15, 0.2) is 0 Å². The number of hydrogen-bond acceptors (Lipinski definition) is 2. The molecule has 0 fully saturated rings. The molecular formula is C12H15N5. The van der Waals surface area contributed by atoms with E-state index in [0.717, 1.165) is 22.2 Å². The Kier molecular flexibility index (Phi) is 2.82. The van der Waals surface area contributed by atoms with Crippen LogP contribution in [0.2, 0.25) is 0 Å². The largest absolute Gasteiger partial charge is 0.369 e. The zero-order chi connectivity index (χ0) is 12.4. The zero-order valence-electron chi connectivity index (χ0n) is 9.88. The normalized spacial score (nSPS) is 11.2. The number of fused-ring (bicyclic) bond motifs is 1. The number of benzene rings is 1. The molecule has 1 aromatic carbocycles. The van der Waals surface area contributed by atoms with E-state index in [1.54, 1.807) is 6.21 Å². The van der Waals surface area contributed by atoms with Crippen molar-refractivity contribution in [3.63, 3.8) is 0 Å². The lowest BCUT2D eigenvalue weighted by Crippen LogP contribution is -2.21. The molecule has 5 heteroatoms. The minimum atomic E-state index is -0.0425. The molecule has 0 bridgehead atoms. The van der Waals surface area contributed by atoms with Crippen molar-refractivity contribution in [2.24, 2.45) is 28.7 Å². The molecule has 0 saturated heterocycles. The Hall–Kier alpha value is -2.30. The maximum absolute atomic E-state index is 5.22. The second kappa shape index (κ2) is 4.29. The van der Waals surface area contributed by atoms with E-state index >= 15 is 0 Å². The van der Waals surface area contributed by atoms with E-state index in [2.05, 4.69) is 26.9 Å². The summed E-state index contributed by atoms with van der Waals surface area (Å²) >= 11 is 0. The minimum absolute atomic E-state index is 0.0425. The molecule has 0 aliphatic rings. The number of nitrogens with two attached hydrogens (primary N) is 2. The van der Waals surface area contributed by atoms with E-state index in [4.69, 9.17) is 11.5 Å². The summed E-state index contributed by atoms with van der Waals surface area (Å²) in [4.78, 5) is 0. The number of aryl methyl sites for hydroxylation is 1. The first-order valence-corrected chi connectivity index (χ1v) is 5.27. The maximum Gasteiger partial charge on any atom is 0.211 e. The molecule has 0 radical (unpaired) electrons. The first-order valence-electron chi connectivity index (χ1n) is 5.27. The van der Waals surface area contributed by atoms with E-state index in [-0.39, 0.29) is 5.96 Å². The second-order valence-electron chi connectivity index (χ2n) is 3.84. The first-order chi connectivity index (χ1) is 8.11. The number of hydrogen-bond donors (Lipinski definition) is 2. The van der Waals surface area contributed by atoms with Crippen LogP contribution in [0.3, 0.4) is 0 Å². The van der Waals surface area contributed by atoms with E-state index in [1.165, 1.54) is 0 Å². The van der Waals surface area contributed by atoms with Crippen LogP contribution in [0.1, 0.15) is 11.3 Å². The number of aromatic nitrogens is 1. The maximum atomic E-state index is 5.22. The lowest BCUT2D eigenvalue weighted by Gasteiger charge is -1.97. The lowest BCUT2D eigenvalue weighted by atomic mass is 10.1. The van der Waals surface area contributed by atoms with Crippen LogP contribution in [-0.2, 0) is 7.05 Å². The van der Waals surface area contributed by atoms with Crippen molar-refractivity contribution in [2.45, 2.75) is 6.92 Å². The lowest BCUT2D eigenvalue weighted by molar-refractivity contribution is 0.916.